The van der Waals surface area contributed by atoms with E-state index < -0.39 is 29.2 Å². The van der Waals surface area contributed by atoms with Gasteiger partial charge in [0.05, 0.1) is 23.3 Å². The summed E-state index contributed by atoms with van der Waals surface area (Å²) in [6, 6.07) is 4.16. The number of anilines is 1. The molecule has 1 saturated carbocycles. The van der Waals surface area contributed by atoms with E-state index in [4.69, 9.17) is 0 Å². The molecular formula is C20H17F3N4O3. The number of aryl methyl sites for hydroxylation is 1. The number of nitrogens with one attached hydrogen (secondary N) is 1. The van der Waals surface area contributed by atoms with Gasteiger partial charge in [0.2, 0.25) is 0 Å². The number of hydrogen-bond acceptors (Lipinski definition) is 5. The van der Waals surface area contributed by atoms with E-state index >= 15 is 0 Å². The Labute approximate surface area is 168 Å². The Hall–Kier alpha value is -3.43. The molecule has 0 saturated heterocycles. The minimum atomic E-state index is -4.45. The molecule has 1 aromatic carbocycles. The van der Waals surface area contributed by atoms with E-state index in [2.05, 4.69) is 15.3 Å². The van der Waals surface area contributed by atoms with E-state index in [1.54, 1.807) is 0 Å². The molecule has 0 spiro atoms. The summed E-state index contributed by atoms with van der Waals surface area (Å²) in [7, 11) is 1.52. The maximum Gasteiger partial charge on any atom is 0.416 e. The van der Waals surface area contributed by atoms with Crippen LogP contribution in [0.4, 0.5) is 19.0 Å². The lowest BCUT2D eigenvalue weighted by atomic mass is 9.79. The highest BCUT2D eigenvalue weighted by molar-refractivity contribution is 5.98. The van der Waals surface area contributed by atoms with Gasteiger partial charge in [0.15, 0.2) is 0 Å². The maximum absolute atomic E-state index is 12.9. The van der Waals surface area contributed by atoms with Gasteiger partial charge in [-0.2, -0.15) is 13.2 Å². The Kier molecular flexibility index (Phi) is 4.71. The van der Waals surface area contributed by atoms with Gasteiger partial charge < -0.3 is 15.0 Å². The number of carbonyl (C=O) groups is 1. The topological polar surface area (TPSA) is 97.1 Å². The van der Waals surface area contributed by atoms with Crippen molar-refractivity contribution in [2.45, 2.75) is 25.1 Å². The molecule has 156 valence electrons. The van der Waals surface area contributed by atoms with Gasteiger partial charge in [0, 0.05) is 24.8 Å². The summed E-state index contributed by atoms with van der Waals surface area (Å²) in [6.45, 7) is 0. The first-order valence-electron chi connectivity index (χ1n) is 9.18. The maximum atomic E-state index is 12.9. The molecule has 0 amide bonds. The molecule has 0 radical (unpaired) electrons. The van der Waals surface area contributed by atoms with E-state index in [0.717, 1.165) is 12.1 Å². The number of aliphatic carboxylic acids is 1. The molecule has 2 unspecified atom stereocenters. The molecule has 4 rings (SSSR count). The number of halogens is 3. The number of carboxylic acids is 1. The van der Waals surface area contributed by atoms with Crippen molar-refractivity contribution >= 4 is 22.7 Å². The second-order valence-electron chi connectivity index (χ2n) is 7.25. The molecule has 7 nitrogen and oxygen atoms in total. The first kappa shape index (κ1) is 19.9. The van der Waals surface area contributed by atoms with Crippen molar-refractivity contribution in [3.63, 3.8) is 0 Å². The van der Waals surface area contributed by atoms with Crippen LogP contribution in [0.1, 0.15) is 18.4 Å². The molecule has 2 heterocycles. The van der Waals surface area contributed by atoms with E-state index in [9.17, 15) is 27.9 Å². The van der Waals surface area contributed by atoms with Gasteiger partial charge in [-0.25, -0.2) is 9.97 Å². The van der Waals surface area contributed by atoms with Gasteiger partial charge in [-0.1, -0.05) is 12.1 Å². The molecule has 30 heavy (non-hydrogen) atoms. The van der Waals surface area contributed by atoms with Crippen molar-refractivity contribution in [1.29, 1.82) is 0 Å². The van der Waals surface area contributed by atoms with E-state index in [1.165, 1.54) is 36.3 Å². The summed E-state index contributed by atoms with van der Waals surface area (Å²) in [4.78, 5) is 32.7. The number of pyridine rings is 1. The molecule has 2 atom stereocenters. The average Bonchev–Trinajstić information content (AvgIpc) is 2.66. The third-order valence-corrected chi connectivity index (χ3v) is 5.38. The standard InChI is InChI=1S/C20H17F3N4O3/c1-27-9-25-16-13(10-2-4-11(5-3-10)20(21,22)23)8-24-17(15(16)18(27)28)26-14-7-6-12(14)19(29)30/h2-5,8-9,12,14H,6-7H2,1H3,(H,24,26)(H,29,30). The van der Waals surface area contributed by atoms with Crippen molar-refractivity contribution in [2.75, 3.05) is 5.32 Å². The van der Waals surface area contributed by atoms with Crippen LogP contribution in [0.5, 0.6) is 0 Å². The van der Waals surface area contributed by atoms with Gasteiger partial charge in [-0.3, -0.25) is 9.59 Å². The average molecular weight is 418 g/mol. The number of rotatable bonds is 4. The van der Waals surface area contributed by atoms with Gasteiger partial charge in [0.1, 0.15) is 11.2 Å². The molecule has 1 aliphatic rings. The predicted octanol–water partition coefficient (Wildman–Crippen LogP) is 3.29. The summed E-state index contributed by atoms with van der Waals surface area (Å²) in [5.41, 5.74) is -0.0582. The largest absolute Gasteiger partial charge is 0.481 e. The van der Waals surface area contributed by atoms with Crippen molar-refractivity contribution in [3.05, 3.63) is 52.7 Å². The van der Waals surface area contributed by atoms with Gasteiger partial charge >= 0.3 is 12.1 Å². The monoisotopic (exact) mass is 418 g/mol. The zero-order valence-corrected chi connectivity index (χ0v) is 15.8. The number of hydrogen-bond donors (Lipinski definition) is 2. The van der Waals surface area contributed by atoms with Crippen molar-refractivity contribution < 1.29 is 23.1 Å². The van der Waals surface area contributed by atoms with E-state index in [0.29, 0.717) is 24.0 Å². The summed E-state index contributed by atoms with van der Waals surface area (Å²) in [5.74, 6) is -1.28. The highest BCUT2D eigenvalue weighted by Gasteiger charge is 2.37. The zero-order valence-electron chi connectivity index (χ0n) is 15.8. The van der Waals surface area contributed by atoms with Gasteiger partial charge in [0.25, 0.3) is 5.56 Å². The number of benzene rings is 1. The minimum absolute atomic E-state index is 0.161. The molecule has 2 N–H and O–H groups in total. The van der Waals surface area contributed by atoms with Crippen LogP contribution in [-0.4, -0.2) is 31.7 Å². The van der Waals surface area contributed by atoms with Crippen LogP contribution in [0.3, 0.4) is 0 Å². The number of nitrogens with zero attached hydrogens (tertiary/aromatic N) is 3. The van der Waals surface area contributed by atoms with Crippen LogP contribution >= 0.6 is 0 Å². The van der Waals surface area contributed by atoms with Crippen LogP contribution in [0.2, 0.25) is 0 Å². The van der Waals surface area contributed by atoms with Crippen molar-refractivity contribution in [1.82, 2.24) is 14.5 Å². The summed E-state index contributed by atoms with van der Waals surface area (Å²) < 4.78 is 39.8. The fourth-order valence-corrected chi connectivity index (χ4v) is 3.51. The summed E-state index contributed by atoms with van der Waals surface area (Å²) in [6.07, 6.45) is -0.546. The smallest absolute Gasteiger partial charge is 0.416 e. The van der Waals surface area contributed by atoms with Crippen molar-refractivity contribution in [2.24, 2.45) is 13.0 Å². The quantitative estimate of drug-likeness (QED) is 0.675. The lowest BCUT2D eigenvalue weighted by Crippen LogP contribution is -2.43. The zero-order chi connectivity index (χ0) is 21.6. The third-order valence-electron chi connectivity index (χ3n) is 5.38. The molecular weight excluding hydrogens is 401 g/mol. The Bertz CT molecular complexity index is 1190. The predicted molar refractivity (Wildman–Crippen MR) is 103 cm³/mol. The van der Waals surface area contributed by atoms with Crippen LogP contribution in [0.25, 0.3) is 22.0 Å². The van der Waals surface area contributed by atoms with E-state index in [1.807, 2.05) is 0 Å². The first-order chi connectivity index (χ1) is 14.2. The highest BCUT2D eigenvalue weighted by Crippen LogP contribution is 2.35. The fraction of sp³-hybridized carbons (Fsp3) is 0.300. The molecule has 1 fully saturated rings. The molecule has 10 heteroatoms. The van der Waals surface area contributed by atoms with Gasteiger partial charge in [-0.05, 0) is 30.5 Å². The number of aromatic nitrogens is 3. The Morgan fingerprint density at radius 3 is 2.47 bits per heavy atom. The van der Waals surface area contributed by atoms with E-state index in [-0.39, 0.29) is 22.8 Å². The fourth-order valence-electron chi connectivity index (χ4n) is 3.51. The van der Waals surface area contributed by atoms with Crippen molar-refractivity contribution in [3.8, 4) is 11.1 Å². The Balaban J connectivity index is 1.81. The molecule has 1 aliphatic carbocycles. The highest BCUT2D eigenvalue weighted by atomic mass is 19.4. The Morgan fingerprint density at radius 2 is 1.90 bits per heavy atom. The van der Waals surface area contributed by atoms with Crippen LogP contribution in [0.15, 0.2) is 41.6 Å². The molecule has 0 aliphatic heterocycles. The van der Waals surface area contributed by atoms with Crippen LogP contribution in [0, 0.1) is 5.92 Å². The Morgan fingerprint density at radius 1 is 1.20 bits per heavy atom. The van der Waals surface area contributed by atoms with Gasteiger partial charge in [-0.15, -0.1) is 0 Å². The summed E-state index contributed by atoms with van der Waals surface area (Å²) >= 11 is 0. The minimum Gasteiger partial charge on any atom is -0.481 e. The SMILES string of the molecule is Cn1cnc2c(-c3ccc(C(F)(F)F)cc3)cnc(NC3CCC3C(=O)O)c2c1=O. The van der Waals surface area contributed by atoms with Crippen LogP contribution < -0.4 is 10.9 Å². The third kappa shape index (κ3) is 3.38. The molecule has 0 bridgehead atoms. The first-order valence-corrected chi connectivity index (χ1v) is 9.18. The second-order valence-corrected chi connectivity index (χ2v) is 7.25. The second kappa shape index (κ2) is 7.12. The molecule has 2 aromatic heterocycles. The normalized spacial score (nSPS) is 18.8. The number of alkyl halides is 3. The lowest BCUT2D eigenvalue weighted by Gasteiger charge is -2.34. The number of fused-ring (bicyclic) bond motifs is 1. The molecule has 3 aromatic rings. The van der Waals surface area contributed by atoms with Crippen LogP contribution in [-0.2, 0) is 18.0 Å². The summed E-state index contributed by atoms with van der Waals surface area (Å²) in [5, 5.41) is 12.4. The number of carboxylic acid groups (broad SMARTS) is 1. The lowest BCUT2D eigenvalue weighted by molar-refractivity contribution is -0.145.